The number of nitrogens with one attached hydrogen (secondary N) is 1. The Morgan fingerprint density at radius 3 is 2.30 bits per heavy atom. The van der Waals surface area contributed by atoms with Crippen LogP contribution in [0.5, 0.6) is 5.75 Å². The van der Waals surface area contributed by atoms with E-state index in [4.69, 9.17) is 4.74 Å². The lowest BCUT2D eigenvalue weighted by atomic mass is 9.93. The van der Waals surface area contributed by atoms with Crippen molar-refractivity contribution in [2.75, 3.05) is 27.2 Å². The molecule has 192 valence electrons. The third-order valence-corrected chi connectivity index (χ3v) is 6.78. The Hall–Kier alpha value is -3.90. The molecule has 1 aliphatic heterocycles. The number of nitrogens with zero attached hydrogens (tertiary/aromatic N) is 1. The van der Waals surface area contributed by atoms with E-state index in [2.05, 4.69) is 6.92 Å². The van der Waals surface area contributed by atoms with Crippen LogP contribution in [-0.2, 0) is 22.6 Å². The number of likely N-dealkylation sites (tertiary alicyclic amines) is 1. The third kappa shape index (κ3) is 5.75. The standard InChI is InChI=1S/C31H34N2O4/c1-5-22-11-13-24(14-12-22)28-27(30(35)31(36)33(28)18-17-32(3)4)29(34)26-16-15-25(19-21(26)2)37-20-23-9-7-6-8-10-23/h6-16,19,28,34H,5,17-18,20H2,1-4H3. The first kappa shape index (κ1) is 26.2. The number of rotatable bonds is 9. The molecule has 0 bridgehead atoms. The number of carbonyl (C=O) groups is 2. The van der Waals surface area contributed by atoms with Gasteiger partial charge < -0.3 is 19.6 Å². The van der Waals surface area contributed by atoms with Gasteiger partial charge in [-0.05, 0) is 53.3 Å². The van der Waals surface area contributed by atoms with Crippen LogP contribution in [-0.4, -0.2) is 43.8 Å². The summed E-state index contributed by atoms with van der Waals surface area (Å²) in [6, 6.07) is 22.2. The Bertz CT molecular complexity index is 1300. The largest absolute Gasteiger partial charge is 0.872 e. The number of hydrogen-bond acceptors (Lipinski definition) is 4. The summed E-state index contributed by atoms with van der Waals surface area (Å²) in [5.74, 6) is -1.10. The number of carbonyl (C=O) groups excluding carboxylic acids is 2. The van der Waals surface area contributed by atoms with Crippen molar-refractivity contribution in [3.8, 4) is 5.75 Å². The van der Waals surface area contributed by atoms with Crippen LogP contribution in [0.3, 0.4) is 0 Å². The third-order valence-electron chi connectivity index (χ3n) is 6.78. The number of aryl methyl sites for hydroxylation is 2. The fourth-order valence-electron chi connectivity index (χ4n) is 4.59. The van der Waals surface area contributed by atoms with Crippen LogP contribution >= 0.6 is 0 Å². The van der Waals surface area contributed by atoms with E-state index in [1.165, 1.54) is 0 Å². The van der Waals surface area contributed by atoms with Crippen LogP contribution in [0.4, 0.5) is 0 Å². The van der Waals surface area contributed by atoms with Crippen molar-refractivity contribution in [2.24, 2.45) is 0 Å². The molecule has 1 aliphatic rings. The van der Waals surface area contributed by atoms with Crippen molar-refractivity contribution in [3.63, 3.8) is 0 Å². The summed E-state index contributed by atoms with van der Waals surface area (Å²) in [6.45, 7) is 5.35. The maximum Gasteiger partial charge on any atom is 0.295 e. The van der Waals surface area contributed by atoms with E-state index < -0.39 is 23.5 Å². The minimum absolute atomic E-state index is 0.0176. The van der Waals surface area contributed by atoms with Gasteiger partial charge in [-0.15, -0.1) is 0 Å². The molecule has 6 nitrogen and oxygen atoms in total. The lowest BCUT2D eigenvalue weighted by Crippen LogP contribution is -3.06. The first-order chi connectivity index (χ1) is 17.8. The summed E-state index contributed by atoms with van der Waals surface area (Å²) >= 11 is 0. The first-order valence-electron chi connectivity index (χ1n) is 12.7. The molecule has 1 saturated heterocycles. The number of Topliss-reactive ketones (excluding diaryl/α,β-unsaturated/α-hetero) is 1. The van der Waals surface area contributed by atoms with Crippen LogP contribution in [0.25, 0.3) is 5.76 Å². The zero-order chi connectivity index (χ0) is 26.5. The van der Waals surface area contributed by atoms with E-state index >= 15 is 0 Å². The van der Waals surface area contributed by atoms with E-state index in [1.807, 2.05) is 75.6 Å². The van der Waals surface area contributed by atoms with Gasteiger partial charge in [0.25, 0.3) is 5.91 Å². The average molecular weight is 499 g/mol. The summed E-state index contributed by atoms with van der Waals surface area (Å²) < 4.78 is 5.91. The number of amides is 1. The Labute approximate surface area is 218 Å². The fourth-order valence-corrected chi connectivity index (χ4v) is 4.59. The molecule has 3 aromatic rings. The van der Waals surface area contributed by atoms with Gasteiger partial charge in [0.1, 0.15) is 12.4 Å². The molecule has 0 saturated carbocycles. The van der Waals surface area contributed by atoms with Crippen molar-refractivity contribution >= 4 is 17.4 Å². The SMILES string of the molecule is CCc1ccc(C2C(=C([O-])c3ccc(OCc4ccccc4)cc3C)C(=O)C(=O)N2CC[NH+](C)C)cc1. The maximum atomic E-state index is 13.8. The van der Waals surface area contributed by atoms with Gasteiger partial charge in [0, 0.05) is 5.57 Å². The number of likely N-dealkylation sites (N-methyl/N-ethyl adjacent to an activating group) is 1. The fraction of sp³-hybridized carbons (Fsp3) is 0.290. The minimum atomic E-state index is -0.716. The van der Waals surface area contributed by atoms with Gasteiger partial charge >= 0.3 is 0 Å². The predicted octanol–water partition coefficient (Wildman–Crippen LogP) is 2.50. The van der Waals surface area contributed by atoms with Crippen LogP contribution in [0, 0.1) is 6.92 Å². The van der Waals surface area contributed by atoms with Gasteiger partial charge in [0.2, 0.25) is 5.78 Å². The summed E-state index contributed by atoms with van der Waals surface area (Å²) in [5, 5.41) is 13.8. The Morgan fingerprint density at radius 2 is 1.68 bits per heavy atom. The van der Waals surface area contributed by atoms with Crippen molar-refractivity contribution in [3.05, 3.63) is 106 Å². The predicted molar refractivity (Wildman–Crippen MR) is 142 cm³/mol. The number of hydrogen-bond donors (Lipinski definition) is 1. The quantitative estimate of drug-likeness (QED) is 0.280. The first-order valence-corrected chi connectivity index (χ1v) is 12.7. The molecule has 1 amide bonds. The monoisotopic (exact) mass is 498 g/mol. The van der Waals surface area contributed by atoms with Crippen LogP contribution in [0.2, 0.25) is 0 Å². The highest BCUT2D eigenvalue weighted by atomic mass is 16.5. The van der Waals surface area contributed by atoms with Crippen LogP contribution in [0.1, 0.15) is 40.8 Å². The topological polar surface area (TPSA) is 74.1 Å². The molecule has 0 radical (unpaired) electrons. The van der Waals surface area contributed by atoms with E-state index in [1.54, 1.807) is 23.1 Å². The second-order valence-corrected chi connectivity index (χ2v) is 9.78. The average Bonchev–Trinajstić information content (AvgIpc) is 3.16. The molecule has 0 spiro atoms. The molecule has 1 N–H and O–H groups in total. The summed E-state index contributed by atoms with van der Waals surface area (Å²) in [4.78, 5) is 29.0. The van der Waals surface area contributed by atoms with Crippen LogP contribution < -0.4 is 14.7 Å². The Balaban J connectivity index is 1.70. The second kappa shape index (κ2) is 11.4. The molecule has 1 unspecified atom stereocenters. The number of benzene rings is 3. The summed E-state index contributed by atoms with van der Waals surface area (Å²) in [6.07, 6.45) is 0.879. The minimum Gasteiger partial charge on any atom is -0.872 e. The maximum absolute atomic E-state index is 13.8. The number of ether oxygens (including phenoxy) is 1. The highest BCUT2D eigenvalue weighted by Crippen LogP contribution is 2.39. The van der Waals surface area contributed by atoms with Gasteiger partial charge in [-0.25, -0.2) is 0 Å². The molecule has 1 atom stereocenters. The molecule has 1 fully saturated rings. The Morgan fingerprint density at radius 1 is 0.973 bits per heavy atom. The van der Waals surface area contributed by atoms with Crippen LogP contribution in [0.15, 0.2) is 78.4 Å². The van der Waals surface area contributed by atoms with E-state index in [0.717, 1.165) is 28.0 Å². The molecular weight excluding hydrogens is 464 g/mol. The highest BCUT2D eigenvalue weighted by molar-refractivity contribution is 6.46. The molecular formula is C31H34N2O4. The molecule has 0 aliphatic carbocycles. The number of quaternary nitrogens is 1. The molecule has 37 heavy (non-hydrogen) atoms. The van der Waals surface area contributed by atoms with E-state index in [-0.39, 0.29) is 5.57 Å². The highest BCUT2D eigenvalue weighted by Gasteiger charge is 2.44. The molecule has 0 aromatic heterocycles. The lowest BCUT2D eigenvalue weighted by Gasteiger charge is -2.28. The Kier molecular flexibility index (Phi) is 8.09. The van der Waals surface area contributed by atoms with Gasteiger partial charge in [0.05, 0.1) is 33.2 Å². The molecule has 3 aromatic carbocycles. The lowest BCUT2D eigenvalue weighted by molar-refractivity contribution is -0.857. The molecule has 4 rings (SSSR count). The van der Waals surface area contributed by atoms with Crippen molar-refractivity contribution in [1.82, 2.24) is 4.90 Å². The van der Waals surface area contributed by atoms with Crippen molar-refractivity contribution < 1.29 is 24.3 Å². The van der Waals surface area contributed by atoms with Gasteiger partial charge in [-0.2, -0.15) is 0 Å². The van der Waals surface area contributed by atoms with Gasteiger partial charge in [-0.3, -0.25) is 9.59 Å². The normalized spacial score (nSPS) is 17.0. The van der Waals surface area contributed by atoms with E-state index in [9.17, 15) is 14.7 Å². The molecule has 6 heteroatoms. The summed E-state index contributed by atoms with van der Waals surface area (Å²) in [5.41, 5.74) is 4.08. The smallest absolute Gasteiger partial charge is 0.295 e. The summed E-state index contributed by atoms with van der Waals surface area (Å²) in [7, 11) is 3.99. The second-order valence-electron chi connectivity index (χ2n) is 9.78. The zero-order valence-electron chi connectivity index (χ0n) is 21.9. The number of ketones is 1. The molecule has 1 heterocycles. The van der Waals surface area contributed by atoms with Gasteiger partial charge in [-0.1, -0.05) is 73.3 Å². The van der Waals surface area contributed by atoms with Gasteiger partial charge in [0.15, 0.2) is 0 Å². The van der Waals surface area contributed by atoms with Crippen molar-refractivity contribution in [1.29, 1.82) is 0 Å². The van der Waals surface area contributed by atoms with Crippen molar-refractivity contribution in [2.45, 2.75) is 32.9 Å². The zero-order valence-corrected chi connectivity index (χ0v) is 21.9. The van der Waals surface area contributed by atoms with E-state index in [0.29, 0.717) is 36.6 Å².